The van der Waals surface area contributed by atoms with Gasteiger partial charge in [-0.25, -0.2) is 12.7 Å². The van der Waals surface area contributed by atoms with Crippen LogP contribution in [0.4, 0.5) is 0 Å². The lowest BCUT2D eigenvalue weighted by Crippen LogP contribution is -2.37. The van der Waals surface area contributed by atoms with E-state index in [1.807, 2.05) is 0 Å². The number of carbonyl (C=O) groups excluding carboxylic acids is 1. The third-order valence-electron chi connectivity index (χ3n) is 3.59. The van der Waals surface area contributed by atoms with Crippen molar-refractivity contribution >= 4 is 15.9 Å². The van der Waals surface area contributed by atoms with Crippen molar-refractivity contribution < 1.29 is 13.2 Å². The maximum atomic E-state index is 11.7. The summed E-state index contributed by atoms with van der Waals surface area (Å²) in [5.41, 5.74) is 0. The molecule has 1 N–H and O–H groups in total. The van der Waals surface area contributed by atoms with Gasteiger partial charge in [0, 0.05) is 25.6 Å². The number of amides is 1. The second kappa shape index (κ2) is 5.35. The Hall–Kier alpha value is -0.620. The lowest BCUT2D eigenvalue weighted by molar-refractivity contribution is -0.124. The van der Waals surface area contributed by atoms with Gasteiger partial charge in [0.1, 0.15) is 0 Å². The monoisotopic (exact) mass is 260 g/mol. The lowest BCUT2D eigenvalue weighted by atomic mass is 10.1. The molecular weight excluding hydrogens is 240 g/mol. The molecule has 0 aromatic carbocycles. The summed E-state index contributed by atoms with van der Waals surface area (Å²) in [5, 5.41) is 2.84. The average Bonchev–Trinajstić information content (AvgIpc) is 2.88. The highest BCUT2D eigenvalue weighted by molar-refractivity contribution is 7.89. The van der Waals surface area contributed by atoms with Gasteiger partial charge in [-0.05, 0) is 19.3 Å². The van der Waals surface area contributed by atoms with Crippen LogP contribution in [0.25, 0.3) is 0 Å². The van der Waals surface area contributed by atoms with Gasteiger partial charge in [-0.3, -0.25) is 4.79 Å². The number of rotatable bonds is 4. The molecule has 5 nitrogen and oxygen atoms in total. The van der Waals surface area contributed by atoms with Gasteiger partial charge in [-0.1, -0.05) is 12.8 Å². The Balaban J connectivity index is 1.70. The molecular formula is C11H20N2O3S. The van der Waals surface area contributed by atoms with Gasteiger partial charge >= 0.3 is 0 Å². The number of sulfonamides is 1. The topological polar surface area (TPSA) is 66.5 Å². The largest absolute Gasteiger partial charge is 0.355 e. The standard InChI is InChI=1S/C11H20N2O3S/c14-11(10-4-1-2-5-10)12-6-8-13-7-3-9-17(13,15)16/h10H,1-9H2,(H,12,14). The Kier molecular flexibility index (Phi) is 4.04. The summed E-state index contributed by atoms with van der Waals surface area (Å²) < 4.78 is 24.5. The fourth-order valence-corrected chi connectivity index (χ4v) is 4.11. The zero-order valence-electron chi connectivity index (χ0n) is 10.0. The SMILES string of the molecule is O=C(NCCN1CCCS1(=O)=O)C1CCCC1. The Morgan fingerprint density at radius 3 is 2.53 bits per heavy atom. The minimum atomic E-state index is -3.02. The summed E-state index contributed by atoms with van der Waals surface area (Å²) in [5.74, 6) is 0.508. The summed E-state index contributed by atoms with van der Waals surface area (Å²) in [4.78, 5) is 11.7. The number of hydrogen-bond acceptors (Lipinski definition) is 3. The molecule has 1 aliphatic heterocycles. The molecule has 1 aliphatic carbocycles. The summed E-state index contributed by atoms with van der Waals surface area (Å²) in [6.45, 7) is 1.46. The Labute approximate surface area is 103 Å². The zero-order chi connectivity index (χ0) is 12.3. The minimum absolute atomic E-state index is 0.0964. The van der Waals surface area contributed by atoms with Gasteiger partial charge in [0.15, 0.2) is 0 Å². The maximum absolute atomic E-state index is 11.7. The van der Waals surface area contributed by atoms with E-state index in [0.29, 0.717) is 26.1 Å². The number of carbonyl (C=O) groups is 1. The van der Waals surface area contributed by atoms with Crippen LogP contribution in [0.1, 0.15) is 32.1 Å². The second-order valence-electron chi connectivity index (χ2n) is 4.84. The van der Waals surface area contributed by atoms with Crippen molar-refractivity contribution in [3.63, 3.8) is 0 Å². The van der Waals surface area contributed by atoms with Crippen molar-refractivity contribution in [1.82, 2.24) is 9.62 Å². The molecule has 1 saturated heterocycles. The van der Waals surface area contributed by atoms with E-state index >= 15 is 0 Å². The highest BCUT2D eigenvalue weighted by Gasteiger charge is 2.28. The zero-order valence-corrected chi connectivity index (χ0v) is 10.8. The van der Waals surface area contributed by atoms with Crippen molar-refractivity contribution in [2.45, 2.75) is 32.1 Å². The smallest absolute Gasteiger partial charge is 0.223 e. The Morgan fingerprint density at radius 1 is 1.24 bits per heavy atom. The van der Waals surface area contributed by atoms with Crippen molar-refractivity contribution in [3.05, 3.63) is 0 Å². The molecule has 0 unspecified atom stereocenters. The van der Waals surface area contributed by atoms with E-state index < -0.39 is 10.0 Å². The summed E-state index contributed by atoms with van der Waals surface area (Å²) in [7, 11) is -3.02. The highest BCUT2D eigenvalue weighted by atomic mass is 32.2. The molecule has 0 aromatic heterocycles. The Morgan fingerprint density at radius 2 is 1.94 bits per heavy atom. The van der Waals surface area contributed by atoms with Crippen LogP contribution in [0, 0.1) is 5.92 Å². The molecule has 0 spiro atoms. The van der Waals surface area contributed by atoms with Gasteiger partial charge in [0.05, 0.1) is 5.75 Å². The first kappa shape index (κ1) is 12.8. The summed E-state index contributed by atoms with van der Waals surface area (Å²) >= 11 is 0. The number of nitrogens with zero attached hydrogens (tertiary/aromatic N) is 1. The van der Waals surface area contributed by atoms with Crippen LogP contribution >= 0.6 is 0 Å². The van der Waals surface area contributed by atoms with E-state index in [4.69, 9.17) is 0 Å². The van der Waals surface area contributed by atoms with E-state index in [1.165, 1.54) is 4.31 Å². The van der Waals surface area contributed by atoms with Gasteiger partial charge < -0.3 is 5.32 Å². The fraction of sp³-hybridized carbons (Fsp3) is 0.909. The molecule has 2 fully saturated rings. The molecule has 98 valence electrons. The Bertz CT molecular complexity index is 374. The molecule has 6 heteroatoms. The van der Waals surface area contributed by atoms with E-state index in [0.717, 1.165) is 25.7 Å². The third-order valence-corrected chi connectivity index (χ3v) is 5.55. The normalized spacial score (nSPS) is 25.2. The van der Waals surface area contributed by atoms with Crippen LogP contribution < -0.4 is 5.32 Å². The third kappa shape index (κ3) is 3.19. The predicted octanol–water partition coefficient (Wildman–Crippen LogP) is 0.328. The van der Waals surface area contributed by atoms with Crippen LogP contribution in [0.5, 0.6) is 0 Å². The maximum Gasteiger partial charge on any atom is 0.223 e. The molecule has 0 bridgehead atoms. The highest BCUT2D eigenvalue weighted by Crippen LogP contribution is 2.24. The molecule has 2 aliphatic rings. The molecule has 1 saturated carbocycles. The van der Waals surface area contributed by atoms with E-state index in [9.17, 15) is 13.2 Å². The van der Waals surface area contributed by atoms with Crippen molar-refractivity contribution in [3.8, 4) is 0 Å². The van der Waals surface area contributed by atoms with E-state index in [2.05, 4.69) is 5.32 Å². The first-order valence-corrected chi connectivity index (χ1v) is 7.96. The average molecular weight is 260 g/mol. The molecule has 1 amide bonds. The van der Waals surface area contributed by atoms with Crippen LogP contribution in [-0.2, 0) is 14.8 Å². The van der Waals surface area contributed by atoms with Gasteiger partial charge in [0.2, 0.25) is 15.9 Å². The minimum Gasteiger partial charge on any atom is -0.355 e. The number of nitrogens with one attached hydrogen (secondary N) is 1. The lowest BCUT2D eigenvalue weighted by Gasteiger charge is -2.15. The van der Waals surface area contributed by atoms with Crippen LogP contribution in [0.2, 0.25) is 0 Å². The second-order valence-corrected chi connectivity index (χ2v) is 6.93. The summed E-state index contributed by atoms with van der Waals surface area (Å²) in [6.07, 6.45) is 4.94. The molecule has 0 radical (unpaired) electrons. The molecule has 1 heterocycles. The molecule has 0 aromatic rings. The fourth-order valence-electron chi connectivity index (χ4n) is 2.58. The molecule has 2 rings (SSSR count). The van der Waals surface area contributed by atoms with Gasteiger partial charge in [-0.15, -0.1) is 0 Å². The van der Waals surface area contributed by atoms with Gasteiger partial charge in [-0.2, -0.15) is 0 Å². The van der Waals surface area contributed by atoms with Crippen molar-refractivity contribution in [1.29, 1.82) is 0 Å². The quantitative estimate of drug-likeness (QED) is 0.792. The van der Waals surface area contributed by atoms with E-state index in [1.54, 1.807) is 0 Å². The van der Waals surface area contributed by atoms with Crippen molar-refractivity contribution in [2.24, 2.45) is 5.92 Å². The number of hydrogen-bond donors (Lipinski definition) is 1. The van der Waals surface area contributed by atoms with Gasteiger partial charge in [0.25, 0.3) is 0 Å². The van der Waals surface area contributed by atoms with Crippen molar-refractivity contribution in [2.75, 3.05) is 25.4 Å². The van der Waals surface area contributed by atoms with Crippen LogP contribution in [0.15, 0.2) is 0 Å². The molecule has 17 heavy (non-hydrogen) atoms. The first-order chi connectivity index (χ1) is 8.09. The molecule has 0 atom stereocenters. The first-order valence-electron chi connectivity index (χ1n) is 6.35. The van der Waals surface area contributed by atoms with E-state index in [-0.39, 0.29) is 17.6 Å². The summed E-state index contributed by atoms with van der Waals surface area (Å²) in [6, 6.07) is 0. The predicted molar refractivity (Wildman–Crippen MR) is 64.9 cm³/mol. The van der Waals surface area contributed by atoms with Crippen LogP contribution in [-0.4, -0.2) is 44.0 Å². The van der Waals surface area contributed by atoms with Crippen LogP contribution in [0.3, 0.4) is 0 Å².